The molecule has 0 atom stereocenters. The Morgan fingerprint density at radius 1 is 1.14 bits per heavy atom. The highest BCUT2D eigenvalue weighted by atomic mass is 35.5. The van der Waals surface area contributed by atoms with Gasteiger partial charge in [0, 0.05) is 16.1 Å². The van der Waals surface area contributed by atoms with Gasteiger partial charge in [0.05, 0.1) is 17.0 Å². The van der Waals surface area contributed by atoms with Gasteiger partial charge in [-0.05, 0) is 55.2 Å². The van der Waals surface area contributed by atoms with Crippen molar-refractivity contribution in [2.24, 2.45) is 0 Å². The predicted molar refractivity (Wildman–Crippen MR) is 151 cm³/mol. The number of rotatable bonds is 5. The fraction of sp³-hybridized carbons (Fsp3) is 0.296. The number of fused-ring (bicyclic) bond motifs is 1. The molecule has 1 aromatic heterocycles. The van der Waals surface area contributed by atoms with Gasteiger partial charge in [0.1, 0.15) is 9.20 Å². The number of carbonyl (C=O) groups is 2. The van der Waals surface area contributed by atoms with Gasteiger partial charge in [-0.3, -0.25) is 9.69 Å². The standard InChI is InChI=1S/C27H24ClNO4S3/c1-15-8-10-18-21(12-15)35-24(23(18)28)26(31)33-19-11-9-16(13-20(19)32-2)14-22-25(30)29(27(34)36-22)17-6-4-3-5-7-17/h8-14,17H,3-7H2,1-2H3. The molecule has 0 N–H and O–H groups in total. The summed E-state index contributed by atoms with van der Waals surface area (Å²) >= 11 is 14.6. The Morgan fingerprint density at radius 2 is 1.92 bits per heavy atom. The number of aryl methyl sites for hydroxylation is 1. The van der Waals surface area contributed by atoms with Gasteiger partial charge in [0.25, 0.3) is 5.91 Å². The SMILES string of the molecule is COc1cc(C=C2SC(=S)N(C3CCCCC3)C2=O)ccc1OC(=O)c1sc2cc(C)ccc2c1Cl. The third-order valence-electron chi connectivity index (χ3n) is 6.42. The molecule has 0 bridgehead atoms. The second kappa shape index (κ2) is 10.5. The molecule has 5 nitrogen and oxygen atoms in total. The van der Waals surface area contributed by atoms with Crippen LogP contribution in [0, 0.1) is 6.92 Å². The first kappa shape index (κ1) is 25.3. The van der Waals surface area contributed by atoms with Crippen LogP contribution in [-0.2, 0) is 4.79 Å². The molecule has 1 amide bonds. The molecular formula is C27H24ClNO4S3. The maximum Gasteiger partial charge on any atom is 0.355 e. The molecule has 1 saturated heterocycles. The average Bonchev–Trinajstić information content (AvgIpc) is 3.34. The minimum Gasteiger partial charge on any atom is -0.493 e. The van der Waals surface area contributed by atoms with E-state index in [-0.39, 0.29) is 17.7 Å². The van der Waals surface area contributed by atoms with Gasteiger partial charge in [-0.1, -0.05) is 73.0 Å². The molecule has 2 aromatic carbocycles. The zero-order valence-corrected chi connectivity index (χ0v) is 23.0. The summed E-state index contributed by atoms with van der Waals surface area (Å²) in [5, 5.41) is 1.21. The summed E-state index contributed by atoms with van der Waals surface area (Å²) in [5.41, 5.74) is 1.85. The third kappa shape index (κ3) is 4.92. The molecule has 36 heavy (non-hydrogen) atoms. The summed E-state index contributed by atoms with van der Waals surface area (Å²) in [6.45, 7) is 1.99. The maximum absolute atomic E-state index is 13.1. The van der Waals surface area contributed by atoms with Gasteiger partial charge in [0.2, 0.25) is 0 Å². The van der Waals surface area contributed by atoms with Crippen molar-refractivity contribution in [3.05, 3.63) is 62.3 Å². The Bertz CT molecular complexity index is 1410. The van der Waals surface area contributed by atoms with Gasteiger partial charge in [-0.2, -0.15) is 0 Å². The van der Waals surface area contributed by atoms with Crippen molar-refractivity contribution in [2.75, 3.05) is 7.11 Å². The molecule has 1 saturated carbocycles. The fourth-order valence-electron chi connectivity index (χ4n) is 4.59. The van der Waals surface area contributed by atoms with E-state index < -0.39 is 5.97 Å². The lowest BCUT2D eigenvalue weighted by atomic mass is 9.94. The lowest BCUT2D eigenvalue weighted by molar-refractivity contribution is -0.124. The zero-order valence-electron chi connectivity index (χ0n) is 19.8. The van der Waals surface area contributed by atoms with Gasteiger partial charge < -0.3 is 9.47 Å². The quantitative estimate of drug-likeness (QED) is 0.139. The van der Waals surface area contributed by atoms with Crippen LogP contribution < -0.4 is 9.47 Å². The normalized spacial score (nSPS) is 17.9. The molecule has 2 fully saturated rings. The van der Waals surface area contributed by atoms with Crippen LogP contribution in [0.15, 0.2) is 41.3 Å². The van der Waals surface area contributed by atoms with E-state index in [9.17, 15) is 9.59 Å². The Morgan fingerprint density at radius 3 is 2.67 bits per heavy atom. The van der Waals surface area contributed by atoms with Crippen LogP contribution in [0.25, 0.3) is 16.2 Å². The second-order valence-electron chi connectivity index (χ2n) is 8.89. The Kier molecular flexibility index (Phi) is 7.40. The van der Waals surface area contributed by atoms with Crippen molar-refractivity contribution in [3.8, 4) is 11.5 Å². The lowest BCUT2D eigenvalue weighted by Gasteiger charge is -2.29. The molecule has 0 unspecified atom stereocenters. The van der Waals surface area contributed by atoms with E-state index in [1.54, 1.807) is 29.2 Å². The van der Waals surface area contributed by atoms with Crippen molar-refractivity contribution in [1.29, 1.82) is 0 Å². The molecule has 3 aromatic rings. The molecule has 2 aliphatic rings. The number of nitrogens with zero attached hydrogens (tertiary/aromatic N) is 1. The number of esters is 1. The number of carbonyl (C=O) groups excluding carboxylic acids is 2. The van der Waals surface area contributed by atoms with E-state index in [1.165, 1.54) is 36.6 Å². The van der Waals surface area contributed by atoms with Crippen molar-refractivity contribution in [2.45, 2.75) is 45.1 Å². The molecule has 2 heterocycles. The van der Waals surface area contributed by atoms with Crippen LogP contribution in [0.3, 0.4) is 0 Å². The van der Waals surface area contributed by atoms with Crippen LogP contribution in [0.2, 0.25) is 5.02 Å². The van der Waals surface area contributed by atoms with Crippen molar-refractivity contribution < 1.29 is 19.1 Å². The first-order valence-corrected chi connectivity index (χ1v) is 14.1. The highest BCUT2D eigenvalue weighted by molar-refractivity contribution is 8.26. The summed E-state index contributed by atoms with van der Waals surface area (Å²) < 4.78 is 12.7. The first-order valence-electron chi connectivity index (χ1n) is 11.7. The van der Waals surface area contributed by atoms with E-state index in [0.29, 0.717) is 24.9 Å². The van der Waals surface area contributed by atoms with Crippen LogP contribution >= 0.6 is 46.9 Å². The number of thiophene rings is 1. The number of methoxy groups -OCH3 is 1. The molecule has 5 rings (SSSR count). The van der Waals surface area contributed by atoms with Gasteiger partial charge >= 0.3 is 5.97 Å². The number of hydrogen-bond donors (Lipinski definition) is 0. The van der Waals surface area contributed by atoms with Gasteiger partial charge in [-0.25, -0.2) is 4.79 Å². The van der Waals surface area contributed by atoms with Crippen molar-refractivity contribution >= 4 is 79.3 Å². The molecular weight excluding hydrogens is 534 g/mol. The lowest BCUT2D eigenvalue weighted by Crippen LogP contribution is -2.39. The average molecular weight is 558 g/mol. The first-order chi connectivity index (χ1) is 17.4. The van der Waals surface area contributed by atoms with Crippen LogP contribution in [-0.4, -0.2) is 34.2 Å². The highest BCUT2D eigenvalue weighted by Gasteiger charge is 2.37. The topological polar surface area (TPSA) is 55.8 Å². The van der Waals surface area contributed by atoms with Crippen LogP contribution in [0.5, 0.6) is 11.5 Å². The summed E-state index contributed by atoms with van der Waals surface area (Å²) in [7, 11) is 1.51. The predicted octanol–water partition coefficient (Wildman–Crippen LogP) is 7.62. The molecule has 0 radical (unpaired) electrons. The van der Waals surface area contributed by atoms with E-state index in [1.807, 2.05) is 25.1 Å². The Labute approximate surface area is 228 Å². The second-order valence-corrected chi connectivity index (χ2v) is 12.0. The van der Waals surface area contributed by atoms with Gasteiger partial charge in [0.15, 0.2) is 11.5 Å². The van der Waals surface area contributed by atoms with E-state index in [4.69, 9.17) is 33.3 Å². The van der Waals surface area contributed by atoms with E-state index >= 15 is 0 Å². The monoisotopic (exact) mass is 557 g/mol. The van der Waals surface area contributed by atoms with Crippen molar-refractivity contribution in [3.63, 3.8) is 0 Å². The zero-order chi connectivity index (χ0) is 25.4. The number of benzene rings is 2. The summed E-state index contributed by atoms with van der Waals surface area (Å²) in [4.78, 5) is 28.8. The highest BCUT2D eigenvalue weighted by Crippen LogP contribution is 2.40. The number of thioether (sulfide) groups is 1. The Balaban J connectivity index is 1.36. The number of hydrogen-bond acceptors (Lipinski definition) is 7. The third-order valence-corrected chi connectivity index (χ3v) is 9.39. The molecule has 1 aliphatic heterocycles. The number of ether oxygens (including phenoxy) is 2. The summed E-state index contributed by atoms with van der Waals surface area (Å²) in [6, 6.07) is 11.2. The number of halogens is 1. The Hall–Kier alpha value is -2.39. The number of thiocarbonyl (C=S) groups is 1. The molecule has 0 spiro atoms. The van der Waals surface area contributed by atoms with Crippen molar-refractivity contribution in [1.82, 2.24) is 4.90 Å². The molecule has 9 heteroatoms. The van der Waals surface area contributed by atoms with Crippen LogP contribution in [0.1, 0.15) is 52.9 Å². The van der Waals surface area contributed by atoms with Crippen LogP contribution in [0.4, 0.5) is 0 Å². The largest absolute Gasteiger partial charge is 0.493 e. The summed E-state index contributed by atoms with van der Waals surface area (Å²) in [5.74, 6) is 0.0753. The fourth-order valence-corrected chi connectivity index (χ4v) is 7.48. The number of amides is 1. The molecule has 1 aliphatic carbocycles. The van der Waals surface area contributed by atoms with Gasteiger partial charge in [-0.15, -0.1) is 11.3 Å². The smallest absolute Gasteiger partial charge is 0.355 e. The van der Waals surface area contributed by atoms with E-state index in [2.05, 4.69) is 0 Å². The maximum atomic E-state index is 13.1. The molecule has 186 valence electrons. The van der Waals surface area contributed by atoms with E-state index in [0.717, 1.165) is 46.9 Å². The minimum atomic E-state index is -0.543. The minimum absolute atomic E-state index is 0.0407. The summed E-state index contributed by atoms with van der Waals surface area (Å²) in [6.07, 6.45) is 7.27.